The number of H-pyrrole nitrogens is 1. The fourth-order valence-electron chi connectivity index (χ4n) is 2.76. The third kappa shape index (κ3) is 30.7. The lowest BCUT2D eigenvalue weighted by molar-refractivity contribution is -0.158. The molecular formula is C35H73ClN2O8Si2. The van der Waals surface area contributed by atoms with Crippen molar-refractivity contribution < 1.29 is 38.1 Å². The summed E-state index contributed by atoms with van der Waals surface area (Å²) in [6.45, 7) is 34.0. The van der Waals surface area contributed by atoms with Gasteiger partial charge in [-0.15, -0.1) is 0 Å². The highest BCUT2D eigenvalue weighted by molar-refractivity contribution is 7.20. The van der Waals surface area contributed by atoms with Crippen molar-refractivity contribution in [2.24, 2.45) is 0 Å². The number of carbonyl (C=O) groups is 2. The number of hydrogen-bond donors (Lipinski definition) is 2. The minimum Gasteiger partial charge on any atom is -0.460 e. The van der Waals surface area contributed by atoms with Crippen molar-refractivity contribution in [1.82, 2.24) is 9.97 Å². The minimum absolute atomic E-state index is 0.0284. The molecule has 48 heavy (non-hydrogen) atoms. The molecule has 0 saturated carbocycles. The first-order chi connectivity index (χ1) is 21.4. The van der Waals surface area contributed by atoms with E-state index in [0.717, 1.165) is 0 Å². The van der Waals surface area contributed by atoms with E-state index in [-0.39, 0.29) is 35.9 Å². The number of aromatic nitrogens is 2. The molecule has 2 N–H and O–H groups in total. The molecule has 10 nitrogen and oxygen atoms in total. The molecule has 0 spiro atoms. The highest BCUT2D eigenvalue weighted by Gasteiger charge is 2.39. The number of nitrogens with zero attached hydrogens (tertiary/aromatic N) is 1. The van der Waals surface area contributed by atoms with Crippen LogP contribution >= 0.6 is 11.1 Å². The normalized spacial score (nSPS) is 13.8. The molecular weight excluding hydrogens is 668 g/mol. The smallest absolute Gasteiger partial charge is 0.308 e. The lowest BCUT2D eigenvalue weighted by Gasteiger charge is -2.39. The van der Waals surface area contributed by atoms with Crippen LogP contribution in [0.5, 0.6) is 0 Å². The topological polar surface area (TPSA) is 129 Å². The Morgan fingerprint density at radius 2 is 1.19 bits per heavy atom. The average Bonchev–Trinajstić information content (AvgIpc) is 3.43. The van der Waals surface area contributed by atoms with E-state index >= 15 is 0 Å². The van der Waals surface area contributed by atoms with Crippen molar-refractivity contribution in [3.05, 3.63) is 18.7 Å². The van der Waals surface area contributed by atoms with Crippen LogP contribution in [0.3, 0.4) is 0 Å². The molecule has 13 heteroatoms. The zero-order valence-electron chi connectivity index (χ0n) is 33.8. The fraction of sp³-hybridized carbons (Fsp3) is 0.857. The highest BCUT2D eigenvalue weighted by Crippen LogP contribution is 2.39. The van der Waals surface area contributed by atoms with Crippen LogP contribution in [-0.4, -0.2) is 93.6 Å². The number of halogens is 1. The van der Waals surface area contributed by atoms with Gasteiger partial charge in [0, 0.05) is 39.8 Å². The number of aliphatic hydroxyl groups is 1. The second-order valence-electron chi connectivity index (χ2n) is 16.8. The van der Waals surface area contributed by atoms with Gasteiger partial charge in [-0.1, -0.05) is 54.6 Å². The van der Waals surface area contributed by atoms with Crippen molar-refractivity contribution in [2.75, 3.05) is 27.4 Å². The Balaban J connectivity index is -0.000000636. The quantitative estimate of drug-likeness (QED) is 0.123. The zero-order valence-corrected chi connectivity index (χ0v) is 36.5. The monoisotopic (exact) mass is 740 g/mol. The van der Waals surface area contributed by atoms with E-state index in [1.807, 2.05) is 20.8 Å². The van der Waals surface area contributed by atoms with Crippen LogP contribution in [0.4, 0.5) is 0 Å². The number of ether oxygens (including phenoxy) is 4. The van der Waals surface area contributed by atoms with Crippen LogP contribution < -0.4 is 0 Å². The summed E-state index contributed by atoms with van der Waals surface area (Å²) in [7, 11) is -0.0741. The van der Waals surface area contributed by atoms with E-state index < -0.39 is 33.0 Å². The van der Waals surface area contributed by atoms with E-state index in [9.17, 15) is 14.7 Å². The van der Waals surface area contributed by atoms with Crippen molar-refractivity contribution in [2.45, 2.75) is 168 Å². The SMILES string of the molecule is CC(C)(C)[Si](C)(C)Cl.COCC[C@@H](CC(=O)OC(C)(C)C)O[Si](C)(C)C(C)(C)C.COCC[C@H](O)CC(=O)OC(C)(C)C.c1c[nH]cn1. The number of esters is 2. The molecule has 0 saturated heterocycles. The summed E-state index contributed by atoms with van der Waals surface area (Å²) in [6.07, 6.45) is 5.75. The van der Waals surface area contributed by atoms with Gasteiger partial charge >= 0.3 is 11.9 Å². The number of carbonyl (C=O) groups excluding carboxylic acids is 2. The first-order valence-corrected chi connectivity index (χ1v) is 23.7. The summed E-state index contributed by atoms with van der Waals surface area (Å²) >= 11 is 6.15. The van der Waals surface area contributed by atoms with Gasteiger partial charge in [-0.05, 0) is 77.6 Å². The van der Waals surface area contributed by atoms with Gasteiger partial charge in [0.2, 0.25) is 0 Å². The summed E-state index contributed by atoms with van der Waals surface area (Å²) < 4.78 is 26.7. The molecule has 0 amide bonds. The number of hydrogen-bond acceptors (Lipinski definition) is 9. The summed E-state index contributed by atoms with van der Waals surface area (Å²) in [5, 5.41) is 9.83. The van der Waals surface area contributed by atoms with E-state index in [1.165, 1.54) is 0 Å². The molecule has 1 aromatic rings. The van der Waals surface area contributed by atoms with E-state index in [0.29, 0.717) is 31.1 Å². The Morgan fingerprint density at radius 3 is 1.48 bits per heavy atom. The van der Waals surface area contributed by atoms with Crippen molar-refractivity contribution >= 4 is 38.7 Å². The molecule has 0 aromatic carbocycles. The van der Waals surface area contributed by atoms with Gasteiger partial charge in [0.1, 0.15) is 11.2 Å². The molecule has 286 valence electrons. The minimum atomic E-state index is -1.91. The summed E-state index contributed by atoms with van der Waals surface area (Å²) in [5.41, 5.74) is -0.947. The Labute approximate surface area is 300 Å². The maximum Gasteiger partial charge on any atom is 0.308 e. The molecule has 2 atom stereocenters. The summed E-state index contributed by atoms with van der Waals surface area (Å²) in [5.74, 6) is -0.580. The summed E-state index contributed by atoms with van der Waals surface area (Å²) in [4.78, 5) is 29.7. The van der Waals surface area contributed by atoms with Gasteiger partial charge < -0.3 is 33.5 Å². The van der Waals surface area contributed by atoms with Gasteiger partial charge in [0.15, 0.2) is 15.7 Å². The molecule has 0 aliphatic rings. The predicted molar refractivity (Wildman–Crippen MR) is 204 cm³/mol. The second kappa shape index (κ2) is 23.2. The van der Waals surface area contributed by atoms with Crippen molar-refractivity contribution in [3.8, 4) is 0 Å². The Kier molecular flexibility index (Phi) is 24.7. The molecule has 0 aliphatic carbocycles. The van der Waals surface area contributed by atoms with E-state index in [2.05, 4.69) is 77.7 Å². The lowest BCUT2D eigenvalue weighted by atomic mass is 10.1. The third-order valence-corrected chi connectivity index (χ3v) is 17.2. The maximum absolute atomic E-state index is 12.0. The lowest BCUT2D eigenvalue weighted by Crippen LogP contribution is -2.45. The maximum atomic E-state index is 12.0. The van der Waals surface area contributed by atoms with Gasteiger partial charge in [-0.25, -0.2) is 4.98 Å². The standard InChI is InChI=1S/C16H34O4Si.C10H20O4.C6H15ClSi.C3H4N2/c1-15(2,3)19-14(17)12-13(10-11-18-7)20-21(8,9)16(4,5)6;1-10(2,3)14-9(12)7-8(11)5-6-13-4;1-6(2,3)8(4,5)7;1-2-5-3-4-1/h13H,10-12H2,1-9H3;8,11H,5-7H2,1-4H3;1-5H3;1-3H,(H,4,5)/t13-;8-;;/m00../s1. The molecule has 0 fully saturated rings. The Hall–Kier alpha value is -1.29. The van der Waals surface area contributed by atoms with Gasteiger partial charge in [0.05, 0.1) is 31.4 Å². The fourth-order valence-corrected chi connectivity index (χ4v) is 4.15. The van der Waals surface area contributed by atoms with Crippen LogP contribution in [-0.2, 0) is 33.0 Å². The Morgan fingerprint density at radius 1 is 0.771 bits per heavy atom. The largest absolute Gasteiger partial charge is 0.460 e. The third-order valence-electron chi connectivity index (χ3n) is 7.39. The molecule has 1 aromatic heterocycles. The van der Waals surface area contributed by atoms with Crippen molar-refractivity contribution in [3.63, 3.8) is 0 Å². The van der Waals surface area contributed by atoms with Crippen LogP contribution in [0, 0.1) is 0 Å². The molecule has 0 aliphatic heterocycles. The molecule has 0 bridgehead atoms. The van der Waals surface area contributed by atoms with Gasteiger partial charge in [-0.2, -0.15) is 11.1 Å². The molecule has 1 heterocycles. The second-order valence-corrected chi connectivity index (χ2v) is 28.8. The summed E-state index contributed by atoms with van der Waals surface area (Å²) in [6, 6.07) is 0. The van der Waals surface area contributed by atoms with Gasteiger partial charge in [-0.3, -0.25) is 9.59 Å². The molecule has 0 radical (unpaired) electrons. The first kappa shape index (κ1) is 51.1. The van der Waals surface area contributed by atoms with Crippen LogP contribution in [0.1, 0.15) is 109 Å². The number of aliphatic hydroxyl groups excluding tert-OH is 1. The van der Waals surface area contributed by atoms with Crippen LogP contribution in [0.2, 0.25) is 36.3 Å². The number of imidazole rings is 1. The first-order valence-electron chi connectivity index (χ1n) is 16.8. The van der Waals surface area contributed by atoms with Gasteiger partial charge in [0.25, 0.3) is 0 Å². The zero-order chi connectivity index (χ0) is 38.6. The molecule has 1 rings (SSSR count). The van der Waals surface area contributed by atoms with Crippen LogP contribution in [0.15, 0.2) is 18.7 Å². The Bertz CT molecular complexity index is 930. The molecule has 0 unspecified atom stereocenters. The average molecular weight is 742 g/mol. The number of nitrogens with one attached hydrogen (secondary N) is 1. The highest BCUT2D eigenvalue weighted by atomic mass is 35.6. The number of rotatable bonds is 12. The number of methoxy groups -OCH3 is 2. The van der Waals surface area contributed by atoms with Crippen molar-refractivity contribution in [1.29, 1.82) is 0 Å². The number of aromatic amines is 1. The van der Waals surface area contributed by atoms with Crippen LogP contribution in [0.25, 0.3) is 0 Å². The van der Waals surface area contributed by atoms with E-state index in [4.69, 9.17) is 34.5 Å². The van der Waals surface area contributed by atoms with E-state index in [1.54, 1.807) is 53.7 Å². The predicted octanol–water partition coefficient (Wildman–Crippen LogP) is 8.90.